The van der Waals surface area contributed by atoms with Crippen molar-refractivity contribution in [2.24, 2.45) is 5.92 Å². The van der Waals surface area contributed by atoms with Gasteiger partial charge in [-0.15, -0.1) is 0 Å². The highest BCUT2D eigenvalue weighted by molar-refractivity contribution is 5.55. The second-order valence-electron chi connectivity index (χ2n) is 3.99. The lowest BCUT2D eigenvalue weighted by Gasteiger charge is -2.19. The third-order valence-electron chi connectivity index (χ3n) is 2.86. The van der Waals surface area contributed by atoms with Gasteiger partial charge in [0.05, 0.1) is 5.69 Å². The molecule has 3 nitrogen and oxygen atoms in total. The number of anilines is 2. The van der Waals surface area contributed by atoms with Crippen LogP contribution in [0.15, 0.2) is 18.2 Å². The lowest BCUT2D eigenvalue weighted by Crippen LogP contribution is -2.21. The molecule has 0 aliphatic carbocycles. The first kappa shape index (κ1) is 10.2. The number of rotatable bonds is 2. The molecule has 1 saturated heterocycles. The molecule has 1 fully saturated rings. The molecule has 3 N–H and O–H groups in total. The standard InChI is InChI=1S/C11H15FN2O/c12-10-5-9(13)1-2-11(10)14-4-3-8(6-14)7-15/h1-2,5,8,15H,3-4,6-7,13H2. The zero-order valence-corrected chi connectivity index (χ0v) is 8.49. The molecule has 0 saturated carbocycles. The van der Waals surface area contributed by atoms with Gasteiger partial charge in [0, 0.05) is 31.3 Å². The summed E-state index contributed by atoms with van der Waals surface area (Å²) in [6.45, 7) is 1.69. The van der Waals surface area contributed by atoms with Gasteiger partial charge in [-0.2, -0.15) is 0 Å². The molecule has 0 bridgehead atoms. The lowest BCUT2D eigenvalue weighted by atomic mass is 10.1. The third-order valence-corrected chi connectivity index (χ3v) is 2.86. The summed E-state index contributed by atoms with van der Waals surface area (Å²) in [5.41, 5.74) is 6.50. The van der Waals surface area contributed by atoms with Crippen LogP contribution in [-0.4, -0.2) is 24.8 Å². The Hall–Kier alpha value is -1.29. The Balaban J connectivity index is 2.17. The molecule has 1 aromatic rings. The zero-order valence-electron chi connectivity index (χ0n) is 8.49. The monoisotopic (exact) mass is 210 g/mol. The van der Waals surface area contributed by atoms with Gasteiger partial charge in [-0.3, -0.25) is 0 Å². The maximum atomic E-state index is 13.5. The van der Waals surface area contributed by atoms with E-state index in [1.807, 2.05) is 4.90 Å². The van der Waals surface area contributed by atoms with Crippen LogP contribution >= 0.6 is 0 Å². The van der Waals surface area contributed by atoms with Gasteiger partial charge in [0.15, 0.2) is 0 Å². The van der Waals surface area contributed by atoms with Gasteiger partial charge in [-0.05, 0) is 24.6 Å². The fourth-order valence-electron chi connectivity index (χ4n) is 1.98. The minimum atomic E-state index is -0.284. The zero-order chi connectivity index (χ0) is 10.8. The maximum absolute atomic E-state index is 13.5. The molecule has 0 radical (unpaired) electrons. The average Bonchev–Trinajstić information content (AvgIpc) is 2.66. The maximum Gasteiger partial charge on any atom is 0.148 e. The molecule has 1 aliphatic rings. The Morgan fingerprint density at radius 3 is 2.93 bits per heavy atom. The SMILES string of the molecule is Nc1ccc(N2CCC(CO)C2)c(F)c1. The van der Waals surface area contributed by atoms with Crippen molar-refractivity contribution in [2.75, 3.05) is 30.3 Å². The van der Waals surface area contributed by atoms with Crippen molar-refractivity contribution >= 4 is 11.4 Å². The van der Waals surface area contributed by atoms with E-state index in [4.69, 9.17) is 10.8 Å². The summed E-state index contributed by atoms with van der Waals surface area (Å²) in [4.78, 5) is 1.95. The quantitative estimate of drug-likeness (QED) is 0.722. The summed E-state index contributed by atoms with van der Waals surface area (Å²) in [7, 11) is 0. The first-order valence-electron chi connectivity index (χ1n) is 5.11. The lowest BCUT2D eigenvalue weighted by molar-refractivity contribution is 0.238. The topological polar surface area (TPSA) is 49.5 Å². The number of nitrogen functional groups attached to an aromatic ring is 1. The molecule has 1 atom stereocenters. The number of nitrogens with two attached hydrogens (primary N) is 1. The Kier molecular flexibility index (Phi) is 2.77. The van der Waals surface area contributed by atoms with Crippen LogP contribution < -0.4 is 10.6 Å². The van der Waals surface area contributed by atoms with Crippen LogP contribution in [0.1, 0.15) is 6.42 Å². The minimum Gasteiger partial charge on any atom is -0.399 e. The van der Waals surface area contributed by atoms with Gasteiger partial charge in [-0.25, -0.2) is 4.39 Å². The van der Waals surface area contributed by atoms with Crippen LogP contribution in [0.4, 0.5) is 15.8 Å². The van der Waals surface area contributed by atoms with E-state index < -0.39 is 0 Å². The van der Waals surface area contributed by atoms with Crippen molar-refractivity contribution in [3.63, 3.8) is 0 Å². The van der Waals surface area contributed by atoms with Gasteiger partial charge < -0.3 is 15.7 Å². The highest BCUT2D eigenvalue weighted by atomic mass is 19.1. The summed E-state index contributed by atoms with van der Waals surface area (Å²) in [6, 6.07) is 4.73. The molecule has 15 heavy (non-hydrogen) atoms. The summed E-state index contributed by atoms with van der Waals surface area (Å²) in [6.07, 6.45) is 0.917. The molecule has 1 aliphatic heterocycles. The summed E-state index contributed by atoms with van der Waals surface area (Å²) in [5.74, 6) is -0.0180. The van der Waals surface area contributed by atoms with Crippen LogP contribution in [0, 0.1) is 11.7 Å². The average molecular weight is 210 g/mol. The third kappa shape index (κ3) is 2.04. The fraction of sp³-hybridized carbons (Fsp3) is 0.455. The molecule has 1 aromatic carbocycles. The molecular weight excluding hydrogens is 195 g/mol. The van der Waals surface area contributed by atoms with Crippen molar-refractivity contribution in [1.82, 2.24) is 0 Å². The van der Waals surface area contributed by atoms with Crippen LogP contribution in [0.5, 0.6) is 0 Å². The molecule has 0 spiro atoms. The van der Waals surface area contributed by atoms with E-state index >= 15 is 0 Å². The van der Waals surface area contributed by atoms with Gasteiger partial charge in [0.25, 0.3) is 0 Å². The normalized spacial score (nSPS) is 20.9. The Labute approximate surface area is 88.3 Å². The number of aliphatic hydroxyl groups excluding tert-OH is 1. The van der Waals surface area contributed by atoms with Gasteiger partial charge in [0.2, 0.25) is 0 Å². The number of aliphatic hydroxyl groups is 1. The van der Waals surface area contributed by atoms with E-state index in [-0.39, 0.29) is 18.3 Å². The molecule has 1 unspecified atom stereocenters. The highest BCUT2D eigenvalue weighted by Crippen LogP contribution is 2.27. The number of hydrogen-bond donors (Lipinski definition) is 2. The molecule has 0 amide bonds. The Morgan fingerprint density at radius 1 is 1.53 bits per heavy atom. The van der Waals surface area contributed by atoms with E-state index in [2.05, 4.69) is 0 Å². The van der Waals surface area contributed by atoms with E-state index in [1.165, 1.54) is 6.07 Å². The highest BCUT2D eigenvalue weighted by Gasteiger charge is 2.23. The van der Waals surface area contributed by atoms with Gasteiger partial charge in [-0.1, -0.05) is 0 Å². The van der Waals surface area contributed by atoms with Crippen molar-refractivity contribution in [2.45, 2.75) is 6.42 Å². The second kappa shape index (κ2) is 4.06. The van der Waals surface area contributed by atoms with Crippen LogP contribution in [0.25, 0.3) is 0 Å². The van der Waals surface area contributed by atoms with E-state index in [0.29, 0.717) is 11.4 Å². The number of benzene rings is 1. The number of hydrogen-bond acceptors (Lipinski definition) is 3. The van der Waals surface area contributed by atoms with Crippen LogP contribution in [-0.2, 0) is 0 Å². The Bertz CT molecular complexity index is 356. The molecule has 2 rings (SSSR count). The predicted octanol–water partition coefficient (Wildman–Crippen LogP) is 1.23. The van der Waals surface area contributed by atoms with Crippen molar-refractivity contribution < 1.29 is 9.50 Å². The number of nitrogens with zero attached hydrogens (tertiary/aromatic N) is 1. The second-order valence-corrected chi connectivity index (χ2v) is 3.99. The predicted molar refractivity (Wildman–Crippen MR) is 58.2 cm³/mol. The Morgan fingerprint density at radius 2 is 2.33 bits per heavy atom. The van der Waals surface area contributed by atoms with E-state index in [9.17, 15) is 4.39 Å². The summed E-state index contributed by atoms with van der Waals surface area (Å²) >= 11 is 0. The van der Waals surface area contributed by atoms with Crippen LogP contribution in [0.3, 0.4) is 0 Å². The molecular formula is C11H15FN2O. The van der Waals surface area contributed by atoms with Gasteiger partial charge >= 0.3 is 0 Å². The first-order chi connectivity index (χ1) is 7.20. The summed E-state index contributed by atoms with van der Waals surface area (Å²) in [5, 5.41) is 9.00. The first-order valence-corrected chi connectivity index (χ1v) is 5.11. The fourth-order valence-corrected chi connectivity index (χ4v) is 1.98. The molecule has 1 heterocycles. The van der Waals surface area contributed by atoms with E-state index in [1.54, 1.807) is 12.1 Å². The van der Waals surface area contributed by atoms with Crippen molar-refractivity contribution in [1.29, 1.82) is 0 Å². The largest absolute Gasteiger partial charge is 0.399 e. The minimum absolute atomic E-state index is 0.174. The molecule has 0 aromatic heterocycles. The van der Waals surface area contributed by atoms with Gasteiger partial charge in [0.1, 0.15) is 5.82 Å². The molecule has 82 valence electrons. The van der Waals surface area contributed by atoms with Crippen molar-refractivity contribution in [3.8, 4) is 0 Å². The smallest absolute Gasteiger partial charge is 0.148 e. The number of halogens is 1. The van der Waals surface area contributed by atoms with E-state index in [0.717, 1.165) is 19.5 Å². The summed E-state index contributed by atoms with van der Waals surface area (Å²) < 4.78 is 13.5. The molecule has 4 heteroatoms. The van der Waals surface area contributed by atoms with Crippen LogP contribution in [0.2, 0.25) is 0 Å². The van der Waals surface area contributed by atoms with Crippen molar-refractivity contribution in [3.05, 3.63) is 24.0 Å².